The van der Waals surface area contributed by atoms with Crippen molar-refractivity contribution in [1.29, 1.82) is 0 Å². The largest absolute Gasteiger partial charge is 0.278 e. The number of fused-ring (bicyclic) bond motifs is 1. The van der Waals surface area contributed by atoms with Crippen LogP contribution in [0.4, 0.5) is 0 Å². The minimum Gasteiger partial charge on any atom is -0.278 e. The molecule has 1 aliphatic heterocycles. The van der Waals surface area contributed by atoms with E-state index in [4.69, 9.17) is 4.99 Å². The zero-order valence-corrected chi connectivity index (χ0v) is 15.1. The number of aliphatic imine (C=N–C) groups is 1. The van der Waals surface area contributed by atoms with E-state index in [1.807, 2.05) is 18.0 Å². The summed E-state index contributed by atoms with van der Waals surface area (Å²) in [5.74, 6) is 1.12. The predicted molar refractivity (Wildman–Crippen MR) is 104 cm³/mol. The van der Waals surface area contributed by atoms with Gasteiger partial charge in [0.15, 0.2) is 0 Å². The summed E-state index contributed by atoms with van der Waals surface area (Å²) in [6, 6.07) is 6.88. The zero-order valence-electron chi connectivity index (χ0n) is 14.2. The molecule has 2 heterocycles. The van der Waals surface area contributed by atoms with Crippen LogP contribution in [0.25, 0.3) is 10.9 Å². The molecule has 4 heteroatoms. The van der Waals surface area contributed by atoms with Crippen molar-refractivity contribution in [3.05, 3.63) is 53.8 Å². The summed E-state index contributed by atoms with van der Waals surface area (Å²) in [7, 11) is 0. The number of rotatable bonds is 4. The van der Waals surface area contributed by atoms with Crippen molar-refractivity contribution in [2.75, 3.05) is 5.75 Å². The maximum absolute atomic E-state index is 4.99. The molecular formula is C20H23N3S. The molecule has 0 saturated carbocycles. The molecule has 0 fully saturated rings. The van der Waals surface area contributed by atoms with Crippen molar-refractivity contribution < 1.29 is 0 Å². The maximum atomic E-state index is 4.99. The fourth-order valence-electron chi connectivity index (χ4n) is 3.84. The summed E-state index contributed by atoms with van der Waals surface area (Å²) < 4.78 is 0. The number of nitrogens with one attached hydrogen (secondary N) is 1. The summed E-state index contributed by atoms with van der Waals surface area (Å²) in [6.45, 7) is 4.52. The quantitative estimate of drug-likeness (QED) is 0.860. The van der Waals surface area contributed by atoms with Gasteiger partial charge in [0, 0.05) is 16.6 Å². The molecule has 0 spiro atoms. The van der Waals surface area contributed by atoms with Gasteiger partial charge in [-0.1, -0.05) is 42.9 Å². The van der Waals surface area contributed by atoms with E-state index in [1.54, 1.807) is 0 Å². The van der Waals surface area contributed by atoms with E-state index in [9.17, 15) is 0 Å². The Kier molecular flexibility index (Phi) is 4.09. The lowest BCUT2D eigenvalue weighted by atomic mass is 9.71. The molecule has 2 aromatic rings. The van der Waals surface area contributed by atoms with Crippen LogP contribution in [0.2, 0.25) is 0 Å². The molecule has 2 atom stereocenters. The Hall–Kier alpha value is -1.81. The summed E-state index contributed by atoms with van der Waals surface area (Å²) in [5, 5.41) is 9.86. The number of nitrogens with zero attached hydrogens (tertiary/aromatic N) is 2. The van der Waals surface area contributed by atoms with Gasteiger partial charge in [-0.05, 0) is 37.8 Å². The highest BCUT2D eigenvalue weighted by molar-refractivity contribution is 8.14. The van der Waals surface area contributed by atoms with Crippen LogP contribution in [0.1, 0.15) is 32.3 Å². The number of aromatic nitrogens is 2. The molecule has 2 unspecified atom stereocenters. The van der Waals surface area contributed by atoms with Crippen molar-refractivity contribution in [2.45, 2.75) is 39.2 Å². The smallest absolute Gasteiger partial charge is 0.0786 e. The molecule has 1 aromatic carbocycles. The average Bonchev–Trinajstić information content (AvgIpc) is 3.25. The van der Waals surface area contributed by atoms with Crippen LogP contribution >= 0.6 is 11.8 Å². The van der Waals surface area contributed by atoms with E-state index in [0.717, 1.165) is 30.5 Å². The molecule has 24 heavy (non-hydrogen) atoms. The maximum Gasteiger partial charge on any atom is 0.0786 e. The Labute approximate surface area is 147 Å². The van der Waals surface area contributed by atoms with Crippen LogP contribution in [0.15, 0.2) is 53.2 Å². The highest BCUT2D eigenvalue weighted by Crippen LogP contribution is 2.46. The van der Waals surface area contributed by atoms with Crippen LogP contribution in [-0.4, -0.2) is 27.0 Å². The number of hydrogen-bond acceptors (Lipinski definition) is 3. The average molecular weight is 337 g/mol. The van der Waals surface area contributed by atoms with Gasteiger partial charge in [-0.3, -0.25) is 10.1 Å². The van der Waals surface area contributed by atoms with Gasteiger partial charge < -0.3 is 0 Å². The summed E-state index contributed by atoms with van der Waals surface area (Å²) in [4.78, 5) is 4.99. The number of aromatic amines is 1. The Morgan fingerprint density at radius 2 is 2.29 bits per heavy atom. The molecule has 2 aliphatic rings. The van der Waals surface area contributed by atoms with Gasteiger partial charge in [0.05, 0.1) is 22.8 Å². The predicted octanol–water partition coefficient (Wildman–Crippen LogP) is 4.92. The SMILES string of the molecule is CCC1(C2=NC(C)CS2)CC=CC=C1Cc1cccc2[nH]ncc12. The van der Waals surface area contributed by atoms with Gasteiger partial charge in [0.25, 0.3) is 0 Å². The molecule has 0 bridgehead atoms. The number of H-pyrrole nitrogens is 1. The van der Waals surface area contributed by atoms with Gasteiger partial charge in [-0.15, -0.1) is 11.8 Å². The first-order valence-corrected chi connectivity index (χ1v) is 9.70. The minimum absolute atomic E-state index is 0.0794. The van der Waals surface area contributed by atoms with Gasteiger partial charge in [-0.25, -0.2) is 0 Å². The van der Waals surface area contributed by atoms with E-state index < -0.39 is 0 Å². The van der Waals surface area contributed by atoms with Gasteiger partial charge in [-0.2, -0.15) is 5.10 Å². The third-order valence-electron chi connectivity index (χ3n) is 5.28. The second kappa shape index (κ2) is 6.25. The molecule has 0 radical (unpaired) electrons. The first-order chi connectivity index (χ1) is 11.7. The first kappa shape index (κ1) is 15.7. The van der Waals surface area contributed by atoms with Crippen molar-refractivity contribution in [2.24, 2.45) is 10.4 Å². The molecule has 124 valence electrons. The lowest BCUT2D eigenvalue weighted by Crippen LogP contribution is -2.32. The second-order valence-electron chi connectivity index (χ2n) is 6.78. The van der Waals surface area contributed by atoms with E-state index in [1.165, 1.54) is 21.6 Å². The fraction of sp³-hybridized carbons (Fsp3) is 0.400. The molecule has 0 saturated heterocycles. The Morgan fingerprint density at radius 3 is 3.08 bits per heavy atom. The molecule has 0 amide bonds. The molecular weight excluding hydrogens is 314 g/mol. The summed E-state index contributed by atoms with van der Waals surface area (Å²) in [5.41, 5.74) is 4.03. The Morgan fingerprint density at radius 1 is 1.38 bits per heavy atom. The molecule has 1 aromatic heterocycles. The highest BCUT2D eigenvalue weighted by Gasteiger charge is 2.40. The molecule has 3 nitrogen and oxygen atoms in total. The fourth-order valence-corrected chi connectivity index (χ4v) is 5.21. The number of allylic oxidation sites excluding steroid dienone is 4. The molecule has 4 rings (SSSR count). The van der Waals surface area contributed by atoms with Crippen molar-refractivity contribution in [3.8, 4) is 0 Å². The number of hydrogen-bond donors (Lipinski definition) is 1. The summed E-state index contributed by atoms with van der Waals surface area (Å²) in [6.07, 6.45) is 11.9. The Balaban J connectivity index is 1.74. The van der Waals surface area contributed by atoms with E-state index in [-0.39, 0.29) is 5.41 Å². The highest BCUT2D eigenvalue weighted by atomic mass is 32.2. The van der Waals surface area contributed by atoms with Crippen molar-refractivity contribution in [1.82, 2.24) is 10.2 Å². The third-order valence-corrected chi connectivity index (χ3v) is 6.70. The lowest BCUT2D eigenvalue weighted by Gasteiger charge is -2.36. The van der Waals surface area contributed by atoms with Gasteiger partial charge in [0.1, 0.15) is 0 Å². The van der Waals surface area contributed by atoms with E-state index in [0.29, 0.717) is 6.04 Å². The minimum atomic E-state index is 0.0794. The van der Waals surface area contributed by atoms with Crippen LogP contribution in [0.3, 0.4) is 0 Å². The monoisotopic (exact) mass is 337 g/mol. The third kappa shape index (κ3) is 2.53. The van der Waals surface area contributed by atoms with E-state index >= 15 is 0 Å². The van der Waals surface area contributed by atoms with Crippen molar-refractivity contribution >= 4 is 27.7 Å². The standard InChI is InChI=1S/C20H23N3S/c1-3-20(19-22-14(2)13-24-19)10-5-4-8-16(20)11-15-7-6-9-18-17(15)12-21-23-18/h4-9,12,14H,3,10-11,13H2,1-2H3,(H,21,23). The second-order valence-corrected chi connectivity index (χ2v) is 7.79. The Bertz CT molecular complexity index is 845. The molecule has 1 aliphatic carbocycles. The van der Waals surface area contributed by atoms with Crippen LogP contribution in [0.5, 0.6) is 0 Å². The van der Waals surface area contributed by atoms with Crippen molar-refractivity contribution in [3.63, 3.8) is 0 Å². The normalized spacial score (nSPS) is 26.7. The van der Waals surface area contributed by atoms with E-state index in [2.05, 4.69) is 60.5 Å². The number of benzene rings is 1. The van der Waals surface area contributed by atoms with Crippen LogP contribution < -0.4 is 0 Å². The van der Waals surface area contributed by atoms with Gasteiger partial charge >= 0.3 is 0 Å². The topological polar surface area (TPSA) is 41.0 Å². The first-order valence-electron chi connectivity index (χ1n) is 8.71. The molecule has 1 N–H and O–H groups in total. The van der Waals surface area contributed by atoms with Crippen LogP contribution in [-0.2, 0) is 6.42 Å². The lowest BCUT2D eigenvalue weighted by molar-refractivity contribution is 0.477. The van der Waals surface area contributed by atoms with Gasteiger partial charge in [0.2, 0.25) is 0 Å². The van der Waals surface area contributed by atoms with Crippen LogP contribution in [0, 0.1) is 5.41 Å². The number of thioether (sulfide) groups is 1. The zero-order chi connectivity index (χ0) is 16.6. The summed E-state index contributed by atoms with van der Waals surface area (Å²) >= 11 is 1.96.